The predicted octanol–water partition coefficient (Wildman–Crippen LogP) is -1.71. The van der Waals surface area contributed by atoms with Crippen LogP contribution in [0.2, 0.25) is 0 Å². The molecule has 0 aliphatic heterocycles. The van der Waals surface area contributed by atoms with Gasteiger partial charge in [-0.1, -0.05) is 13.8 Å². The van der Waals surface area contributed by atoms with Gasteiger partial charge >= 0.3 is 5.97 Å². The summed E-state index contributed by atoms with van der Waals surface area (Å²) < 4.78 is 0. The summed E-state index contributed by atoms with van der Waals surface area (Å²) in [5.41, 5.74) is 11.0. The molecule has 0 rings (SSSR count). The Kier molecular flexibility index (Phi) is 12.0. The van der Waals surface area contributed by atoms with Gasteiger partial charge in [0.05, 0.1) is 19.1 Å². The van der Waals surface area contributed by atoms with E-state index in [0.717, 1.165) is 0 Å². The molecule has 150 valence electrons. The zero-order valence-electron chi connectivity index (χ0n) is 15.4. The van der Waals surface area contributed by atoms with Gasteiger partial charge in [-0.25, -0.2) is 4.79 Å². The van der Waals surface area contributed by atoms with Crippen LogP contribution in [-0.4, -0.2) is 60.5 Å². The van der Waals surface area contributed by atoms with Gasteiger partial charge in [0.2, 0.25) is 17.7 Å². The van der Waals surface area contributed by atoms with E-state index in [2.05, 4.69) is 16.0 Å². The lowest BCUT2D eigenvalue weighted by atomic mass is 10.0. The Bertz CT molecular complexity index is 484. The fourth-order valence-electron chi connectivity index (χ4n) is 2.15. The quantitative estimate of drug-likeness (QED) is 0.208. The summed E-state index contributed by atoms with van der Waals surface area (Å²) in [5, 5.41) is 16.1. The molecule has 0 heterocycles. The van der Waals surface area contributed by atoms with Crippen LogP contribution in [0, 0.1) is 5.92 Å². The molecule has 0 aliphatic carbocycles. The Labute approximate surface area is 153 Å². The molecule has 3 amide bonds. The van der Waals surface area contributed by atoms with E-state index in [0.29, 0.717) is 25.8 Å². The number of carbonyl (C=O) groups excluding carboxylic acids is 3. The maximum absolute atomic E-state index is 11.7. The second-order valence-electron chi connectivity index (χ2n) is 6.47. The van der Waals surface area contributed by atoms with E-state index in [9.17, 15) is 19.2 Å². The molecule has 0 aliphatic rings. The average molecular weight is 373 g/mol. The standard InChI is InChI=1S/C16H31N5O5/c1-10(2)7-11(18)15(24)20-8-13(22)19-9-14(23)21-12(16(25)26)5-3-4-6-17/h10-12H,3-9,17-18H2,1-2H3,(H,19,22)(H,20,24)(H,21,23)(H,25,26). The highest BCUT2D eigenvalue weighted by atomic mass is 16.4. The Morgan fingerprint density at radius 1 is 1.00 bits per heavy atom. The Morgan fingerprint density at radius 3 is 2.15 bits per heavy atom. The van der Waals surface area contributed by atoms with Gasteiger partial charge in [-0.05, 0) is 38.1 Å². The molecule has 0 radical (unpaired) electrons. The molecule has 2 unspecified atom stereocenters. The van der Waals surface area contributed by atoms with E-state index >= 15 is 0 Å². The van der Waals surface area contributed by atoms with Crippen molar-refractivity contribution in [3.63, 3.8) is 0 Å². The van der Waals surface area contributed by atoms with Crippen LogP contribution in [0.15, 0.2) is 0 Å². The van der Waals surface area contributed by atoms with Crippen LogP contribution in [0.3, 0.4) is 0 Å². The van der Waals surface area contributed by atoms with Crippen molar-refractivity contribution in [2.45, 2.75) is 51.6 Å². The monoisotopic (exact) mass is 373 g/mol. The molecular formula is C16H31N5O5. The maximum atomic E-state index is 11.7. The van der Waals surface area contributed by atoms with E-state index in [-0.39, 0.29) is 25.4 Å². The number of carboxylic acids is 1. The lowest BCUT2D eigenvalue weighted by Crippen LogP contribution is -2.48. The lowest BCUT2D eigenvalue weighted by Gasteiger charge is -2.15. The smallest absolute Gasteiger partial charge is 0.326 e. The number of aliphatic carboxylic acids is 1. The predicted molar refractivity (Wildman–Crippen MR) is 95.9 cm³/mol. The van der Waals surface area contributed by atoms with Gasteiger partial charge in [-0.15, -0.1) is 0 Å². The fourth-order valence-corrected chi connectivity index (χ4v) is 2.15. The van der Waals surface area contributed by atoms with Crippen molar-refractivity contribution >= 4 is 23.7 Å². The normalized spacial score (nSPS) is 13.0. The van der Waals surface area contributed by atoms with Gasteiger partial charge in [-0.3, -0.25) is 14.4 Å². The number of nitrogens with two attached hydrogens (primary N) is 2. The van der Waals surface area contributed by atoms with Crippen molar-refractivity contribution in [3.8, 4) is 0 Å². The summed E-state index contributed by atoms with van der Waals surface area (Å²) in [6, 6.07) is -1.73. The molecule has 0 bridgehead atoms. The fraction of sp³-hybridized carbons (Fsp3) is 0.750. The molecule has 26 heavy (non-hydrogen) atoms. The van der Waals surface area contributed by atoms with Crippen molar-refractivity contribution in [1.82, 2.24) is 16.0 Å². The van der Waals surface area contributed by atoms with Gasteiger partial charge in [0.15, 0.2) is 0 Å². The molecule has 0 aromatic heterocycles. The average Bonchev–Trinajstić information content (AvgIpc) is 2.56. The van der Waals surface area contributed by atoms with Crippen LogP contribution in [0.1, 0.15) is 39.5 Å². The highest BCUT2D eigenvalue weighted by Crippen LogP contribution is 2.02. The molecule has 0 fully saturated rings. The molecule has 0 spiro atoms. The van der Waals surface area contributed by atoms with E-state index < -0.39 is 35.8 Å². The highest BCUT2D eigenvalue weighted by molar-refractivity contribution is 5.90. The van der Waals surface area contributed by atoms with E-state index in [4.69, 9.17) is 16.6 Å². The Hall–Kier alpha value is -2.20. The summed E-state index contributed by atoms with van der Waals surface area (Å²) in [4.78, 5) is 46.2. The first-order chi connectivity index (χ1) is 12.2. The zero-order valence-corrected chi connectivity index (χ0v) is 15.4. The molecule has 0 saturated carbocycles. The molecule has 10 nitrogen and oxygen atoms in total. The highest BCUT2D eigenvalue weighted by Gasteiger charge is 2.20. The topological polar surface area (TPSA) is 177 Å². The molecule has 0 aromatic rings. The minimum Gasteiger partial charge on any atom is -0.480 e. The number of nitrogens with one attached hydrogen (secondary N) is 3. The van der Waals surface area contributed by atoms with Gasteiger partial charge < -0.3 is 32.5 Å². The number of unbranched alkanes of at least 4 members (excludes halogenated alkanes) is 1. The summed E-state index contributed by atoms with van der Waals surface area (Å²) in [5.74, 6) is -2.53. The Morgan fingerprint density at radius 2 is 1.62 bits per heavy atom. The number of hydrogen-bond donors (Lipinski definition) is 6. The molecule has 0 saturated heterocycles. The van der Waals surface area contributed by atoms with Gasteiger partial charge in [-0.2, -0.15) is 0 Å². The first-order valence-electron chi connectivity index (χ1n) is 8.69. The number of hydrogen-bond acceptors (Lipinski definition) is 6. The number of carbonyl (C=O) groups is 4. The molecule has 8 N–H and O–H groups in total. The van der Waals surface area contributed by atoms with Crippen LogP contribution in [0.4, 0.5) is 0 Å². The van der Waals surface area contributed by atoms with Crippen LogP contribution in [0.25, 0.3) is 0 Å². The third-order valence-electron chi connectivity index (χ3n) is 3.51. The first kappa shape index (κ1) is 23.8. The molecule has 2 atom stereocenters. The summed E-state index contributed by atoms with van der Waals surface area (Å²) in [7, 11) is 0. The molecular weight excluding hydrogens is 342 g/mol. The lowest BCUT2D eigenvalue weighted by molar-refractivity contribution is -0.142. The minimum atomic E-state index is -1.15. The molecule has 10 heteroatoms. The van der Waals surface area contributed by atoms with E-state index in [1.807, 2.05) is 13.8 Å². The van der Waals surface area contributed by atoms with Crippen LogP contribution in [-0.2, 0) is 19.2 Å². The Balaban J connectivity index is 4.14. The van der Waals surface area contributed by atoms with E-state index in [1.54, 1.807) is 0 Å². The van der Waals surface area contributed by atoms with Crippen LogP contribution in [0.5, 0.6) is 0 Å². The molecule has 0 aromatic carbocycles. The summed E-state index contributed by atoms with van der Waals surface area (Å²) in [6.07, 6.45) is 1.99. The summed E-state index contributed by atoms with van der Waals surface area (Å²) >= 11 is 0. The third kappa shape index (κ3) is 11.4. The zero-order chi connectivity index (χ0) is 20.1. The second kappa shape index (κ2) is 13.1. The number of carboxylic acid groups (broad SMARTS) is 1. The van der Waals surface area contributed by atoms with Crippen LogP contribution < -0.4 is 27.4 Å². The van der Waals surface area contributed by atoms with Crippen molar-refractivity contribution in [1.29, 1.82) is 0 Å². The van der Waals surface area contributed by atoms with Crippen molar-refractivity contribution in [2.24, 2.45) is 17.4 Å². The van der Waals surface area contributed by atoms with Crippen LogP contribution >= 0.6 is 0 Å². The maximum Gasteiger partial charge on any atom is 0.326 e. The largest absolute Gasteiger partial charge is 0.480 e. The SMILES string of the molecule is CC(C)CC(N)C(=O)NCC(=O)NCC(=O)NC(CCCCN)C(=O)O. The van der Waals surface area contributed by atoms with Crippen molar-refractivity contribution < 1.29 is 24.3 Å². The van der Waals surface area contributed by atoms with E-state index in [1.165, 1.54) is 0 Å². The van der Waals surface area contributed by atoms with Gasteiger partial charge in [0.1, 0.15) is 6.04 Å². The summed E-state index contributed by atoms with van der Waals surface area (Å²) in [6.45, 7) is 3.62. The third-order valence-corrected chi connectivity index (χ3v) is 3.51. The van der Waals surface area contributed by atoms with Gasteiger partial charge in [0, 0.05) is 0 Å². The second-order valence-corrected chi connectivity index (χ2v) is 6.47. The van der Waals surface area contributed by atoms with Crippen molar-refractivity contribution in [2.75, 3.05) is 19.6 Å². The number of amides is 3. The minimum absolute atomic E-state index is 0.250. The van der Waals surface area contributed by atoms with Crippen molar-refractivity contribution in [3.05, 3.63) is 0 Å². The van der Waals surface area contributed by atoms with Gasteiger partial charge in [0.25, 0.3) is 0 Å². The number of rotatable bonds is 13. The first-order valence-corrected chi connectivity index (χ1v) is 8.69.